The Morgan fingerprint density at radius 2 is 1.84 bits per heavy atom. The average Bonchev–Trinajstić information content (AvgIpc) is 2.76. The van der Waals surface area contributed by atoms with Crippen molar-refractivity contribution in [3.05, 3.63) is 11.8 Å². The van der Waals surface area contributed by atoms with Gasteiger partial charge in [0.25, 0.3) is 0 Å². The van der Waals surface area contributed by atoms with Gasteiger partial charge in [-0.05, 0) is 18.9 Å². The first-order valence-electron chi connectivity index (χ1n) is 7.21. The minimum Gasteiger partial charge on any atom is -0.481 e. The molecule has 1 N–H and O–H groups in total. The molecule has 4 nitrogen and oxygen atoms in total. The third-order valence-corrected chi connectivity index (χ3v) is 2.76. The molecule has 19 heavy (non-hydrogen) atoms. The molecule has 0 aromatic rings. The minimum absolute atomic E-state index is 0.100. The lowest BCUT2D eigenvalue weighted by Crippen LogP contribution is -1.93. The van der Waals surface area contributed by atoms with E-state index in [2.05, 4.69) is 13.8 Å². The number of carboxylic acids is 1. The van der Waals surface area contributed by atoms with Crippen molar-refractivity contribution in [3.63, 3.8) is 0 Å². The van der Waals surface area contributed by atoms with Gasteiger partial charge >= 0.3 is 11.9 Å². The zero-order valence-electron chi connectivity index (χ0n) is 12.1. The number of ether oxygens (including phenoxy) is 1. The number of esters is 1. The normalized spacial score (nSPS) is 13.4. The molecule has 0 bridgehead atoms. The number of rotatable bonds is 8. The molecule has 0 aromatic carbocycles. The lowest BCUT2D eigenvalue weighted by atomic mass is 10.2. The predicted octanol–water partition coefficient (Wildman–Crippen LogP) is 4.05. The van der Waals surface area contributed by atoms with Gasteiger partial charge in [0.1, 0.15) is 5.76 Å². The van der Waals surface area contributed by atoms with Crippen LogP contribution in [0.5, 0.6) is 0 Å². The number of carboxylic acid groups (broad SMARTS) is 1. The molecular weight excluding hydrogens is 244 g/mol. The topological polar surface area (TPSA) is 63.6 Å². The number of hydrogen-bond donors (Lipinski definition) is 1. The van der Waals surface area contributed by atoms with Gasteiger partial charge in [0.2, 0.25) is 0 Å². The van der Waals surface area contributed by atoms with E-state index in [4.69, 9.17) is 9.84 Å². The maximum absolute atomic E-state index is 10.6. The molecule has 0 unspecified atom stereocenters. The van der Waals surface area contributed by atoms with Crippen molar-refractivity contribution in [1.29, 1.82) is 0 Å². The molecule has 0 saturated heterocycles. The van der Waals surface area contributed by atoms with E-state index in [1.165, 1.54) is 12.8 Å². The van der Waals surface area contributed by atoms with Crippen LogP contribution in [-0.2, 0) is 14.3 Å². The number of allylic oxidation sites excluding steroid dienone is 1. The summed E-state index contributed by atoms with van der Waals surface area (Å²) in [5.74, 6) is 0.0957. The molecule has 0 saturated carbocycles. The van der Waals surface area contributed by atoms with Crippen molar-refractivity contribution in [2.24, 2.45) is 0 Å². The highest BCUT2D eigenvalue weighted by Crippen LogP contribution is 2.17. The van der Waals surface area contributed by atoms with E-state index in [-0.39, 0.29) is 5.97 Å². The fourth-order valence-corrected chi connectivity index (χ4v) is 1.66. The Kier molecular flexibility index (Phi) is 10.9. The van der Waals surface area contributed by atoms with Crippen molar-refractivity contribution in [3.8, 4) is 0 Å². The van der Waals surface area contributed by atoms with E-state index < -0.39 is 5.97 Å². The van der Waals surface area contributed by atoms with Gasteiger partial charge in [0, 0.05) is 12.8 Å². The van der Waals surface area contributed by atoms with Crippen LogP contribution >= 0.6 is 0 Å². The summed E-state index contributed by atoms with van der Waals surface area (Å²) >= 11 is 0. The summed E-state index contributed by atoms with van der Waals surface area (Å²) in [6, 6.07) is 0. The Balaban J connectivity index is 0.000000362. The molecule has 4 heteroatoms. The SMILES string of the molecule is CCCCCC(=O)O.CCCCCC1=CCC(=O)O1. The summed E-state index contributed by atoms with van der Waals surface area (Å²) in [5.41, 5.74) is 0. The molecule has 0 radical (unpaired) electrons. The number of carbonyl (C=O) groups excluding carboxylic acids is 1. The van der Waals surface area contributed by atoms with E-state index in [0.717, 1.165) is 37.9 Å². The smallest absolute Gasteiger partial charge is 0.314 e. The van der Waals surface area contributed by atoms with Gasteiger partial charge in [-0.3, -0.25) is 9.59 Å². The number of hydrogen-bond acceptors (Lipinski definition) is 3. The van der Waals surface area contributed by atoms with Crippen LogP contribution in [-0.4, -0.2) is 17.0 Å². The summed E-state index contributed by atoms with van der Waals surface area (Å²) in [4.78, 5) is 20.5. The summed E-state index contributed by atoms with van der Waals surface area (Å²) in [6.07, 6.45) is 10.1. The van der Waals surface area contributed by atoms with Crippen LogP contribution in [0.4, 0.5) is 0 Å². The second-order valence-corrected chi connectivity index (χ2v) is 4.66. The monoisotopic (exact) mass is 270 g/mol. The van der Waals surface area contributed by atoms with Crippen LogP contribution < -0.4 is 0 Å². The Bertz CT molecular complexity index is 295. The molecular formula is C15H26O4. The molecule has 110 valence electrons. The Morgan fingerprint density at radius 3 is 2.32 bits per heavy atom. The zero-order valence-corrected chi connectivity index (χ0v) is 12.1. The minimum atomic E-state index is -0.682. The van der Waals surface area contributed by atoms with E-state index in [1.54, 1.807) is 0 Å². The molecule has 0 amide bonds. The number of unbranched alkanes of at least 4 members (excludes halogenated alkanes) is 4. The van der Waals surface area contributed by atoms with Gasteiger partial charge < -0.3 is 9.84 Å². The maximum atomic E-state index is 10.6. The van der Waals surface area contributed by atoms with Crippen molar-refractivity contribution >= 4 is 11.9 Å². The number of carbonyl (C=O) groups is 2. The standard InChI is InChI=1S/C9H14O2.C6H12O2/c1-2-3-4-5-8-6-7-9(10)11-8;1-2-3-4-5-6(7)8/h6H,2-5,7H2,1H3;2-5H2,1H3,(H,7,8). The van der Waals surface area contributed by atoms with Crippen LogP contribution in [0.25, 0.3) is 0 Å². The maximum Gasteiger partial charge on any atom is 0.314 e. The number of aliphatic carboxylic acids is 1. The quantitative estimate of drug-likeness (QED) is 0.534. The van der Waals surface area contributed by atoms with Gasteiger partial charge in [-0.25, -0.2) is 0 Å². The van der Waals surface area contributed by atoms with Crippen molar-refractivity contribution < 1.29 is 19.4 Å². The van der Waals surface area contributed by atoms with Gasteiger partial charge in [-0.2, -0.15) is 0 Å². The van der Waals surface area contributed by atoms with Gasteiger partial charge in [-0.15, -0.1) is 0 Å². The van der Waals surface area contributed by atoms with E-state index in [0.29, 0.717) is 12.8 Å². The van der Waals surface area contributed by atoms with Crippen LogP contribution in [0.15, 0.2) is 11.8 Å². The fraction of sp³-hybridized carbons (Fsp3) is 0.733. The molecule has 0 atom stereocenters. The van der Waals surface area contributed by atoms with Crippen molar-refractivity contribution in [1.82, 2.24) is 0 Å². The van der Waals surface area contributed by atoms with Crippen LogP contribution in [0, 0.1) is 0 Å². The van der Waals surface area contributed by atoms with E-state index in [1.807, 2.05) is 6.08 Å². The predicted molar refractivity (Wildman–Crippen MR) is 74.7 cm³/mol. The first-order valence-corrected chi connectivity index (χ1v) is 7.21. The molecule has 0 aliphatic carbocycles. The molecule has 1 aliphatic rings. The van der Waals surface area contributed by atoms with Crippen molar-refractivity contribution in [2.45, 2.75) is 71.6 Å². The second-order valence-electron chi connectivity index (χ2n) is 4.66. The summed E-state index contributed by atoms with van der Waals surface area (Å²) in [7, 11) is 0. The Morgan fingerprint density at radius 1 is 1.21 bits per heavy atom. The van der Waals surface area contributed by atoms with E-state index in [9.17, 15) is 9.59 Å². The largest absolute Gasteiger partial charge is 0.481 e. The summed E-state index contributed by atoms with van der Waals surface area (Å²) < 4.78 is 4.93. The number of cyclic esters (lactones) is 1. The first-order chi connectivity index (χ1) is 9.10. The highest BCUT2D eigenvalue weighted by Gasteiger charge is 2.12. The molecule has 1 aliphatic heterocycles. The molecule has 0 aromatic heterocycles. The molecule has 0 spiro atoms. The van der Waals surface area contributed by atoms with Crippen LogP contribution in [0.1, 0.15) is 71.6 Å². The highest BCUT2D eigenvalue weighted by molar-refractivity contribution is 5.75. The lowest BCUT2D eigenvalue weighted by molar-refractivity contribution is -0.137. The molecule has 1 heterocycles. The Hall–Kier alpha value is -1.32. The summed E-state index contributed by atoms with van der Waals surface area (Å²) in [5, 5.41) is 8.14. The van der Waals surface area contributed by atoms with Crippen molar-refractivity contribution in [2.75, 3.05) is 0 Å². The average molecular weight is 270 g/mol. The van der Waals surface area contributed by atoms with Gasteiger partial charge in [0.05, 0.1) is 6.42 Å². The highest BCUT2D eigenvalue weighted by atomic mass is 16.5. The van der Waals surface area contributed by atoms with Gasteiger partial charge in [0.15, 0.2) is 0 Å². The van der Waals surface area contributed by atoms with Gasteiger partial charge in [-0.1, -0.05) is 39.5 Å². The third-order valence-electron chi connectivity index (χ3n) is 2.76. The van der Waals surface area contributed by atoms with E-state index >= 15 is 0 Å². The van der Waals surface area contributed by atoms with Crippen LogP contribution in [0.2, 0.25) is 0 Å². The zero-order chi connectivity index (χ0) is 14.5. The molecule has 0 fully saturated rings. The second kappa shape index (κ2) is 11.8. The van der Waals surface area contributed by atoms with Crippen LogP contribution in [0.3, 0.4) is 0 Å². The third kappa shape index (κ3) is 11.5. The lowest BCUT2D eigenvalue weighted by Gasteiger charge is -1.99. The molecule has 1 rings (SSSR count). The Labute approximate surface area is 115 Å². The summed E-state index contributed by atoms with van der Waals surface area (Å²) in [6.45, 7) is 4.22. The fourth-order valence-electron chi connectivity index (χ4n) is 1.66. The first kappa shape index (κ1) is 17.7.